The number of rotatable bonds is 4. The van der Waals surface area contributed by atoms with Gasteiger partial charge in [0, 0.05) is 25.2 Å². The van der Waals surface area contributed by atoms with Crippen LogP contribution in [0.1, 0.15) is 38.6 Å². The van der Waals surface area contributed by atoms with E-state index in [1.54, 1.807) is 11.3 Å². The van der Waals surface area contributed by atoms with Gasteiger partial charge in [0.15, 0.2) is 0 Å². The van der Waals surface area contributed by atoms with E-state index in [-0.39, 0.29) is 0 Å². The third kappa shape index (κ3) is 3.39. The summed E-state index contributed by atoms with van der Waals surface area (Å²) in [5.74, 6) is 0. The molecule has 4 nitrogen and oxygen atoms in total. The van der Waals surface area contributed by atoms with E-state index >= 15 is 0 Å². The van der Waals surface area contributed by atoms with Crippen LogP contribution < -0.4 is 5.32 Å². The van der Waals surface area contributed by atoms with Crippen LogP contribution in [0.25, 0.3) is 0 Å². The predicted octanol–water partition coefficient (Wildman–Crippen LogP) is 2.39. The van der Waals surface area contributed by atoms with Crippen LogP contribution in [-0.4, -0.2) is 40.3 Å². The summed E-state index contributed by atoms with van der Waals surface area (Å²) in [7, 11) is 0. The topological polar surface area (TPSA) is 41.1 Å². The molecule has 0 aliphatic carbocycles. The molecule has 0 saturated carbocycles. The van der Waals surface area contributed by atoms with Crippen molar-refractivity contribution < 1.29 is 0 Å². The Balaban J connectivity index is 1.81. The summed E-state index contributed by atoms with van der Waals surface area (Å²) in [6.07, 6.45) is 3.39. The fourth-order valence-corrected chi connectivity index (χ4v) is 2.95. The van der Waals surface area contributed by atoms with Crippen molar-refractivity contribution in [1.82, 2.24) is 15.1 Å². The van der Waals surface area contributed by atoms with Crippen LogP contribution in [0.2, 0.25) is 0 Å². The van der Waals surface area contributed by atoms with Gasteiger partial charge in [-0.1, -0.05) is 18.3 Å². The van der Waals surface area contributed by atoms with Crippen LogP contribution in [-0.2, 0) is 6.42 Å². The summed E-state index contributed by atoms with van der Waals surface area (Å²) >= 11 is 1.69. The molecule has 1 aliphatic rings. The first kappa shape index (κ1) is 12.8. The number of nitrogens with zero attached hydrogens (tertiary/aromatic N) is 3. The van der Waals surface area contributed by atoms with Gasteiger partial charge in [0.25, 0.3) is 0 Å². The average molecular weight is 254 g/mol. The van der Waals surface area contributed by atoms with E-state index in [1.807, 2.05) is 0 Å². The number of piperidine rings is 1. The standard InChI is InChI=1S/C12H22N4S/c1-4-11-14-15-12(17-11)13-10-5-7-16(8-6-10)9(2)3/h9-10H,4-8H2,1-3H3,(H,13,15). The lowest BCUT2D eigenvalue weighted by atomic mass is 10.0. The highest BCUT2D eigenvalue weighted by atomic mass is 32.1. The molecule has 5 heteroatoms. The van der Waals surface area contributed by atoms with E-state index in [4.69, 9.17) is 0 Å². The molecule has 96 valence electrons. The SMILES string of the molecule is CCc1nnc(NC2CCN(C(C)C)CC2)s1. The highest BCUT2D eigenvalue weighted by Gasteiger charge is 2.21. The predicted molar refractivity (Wildman–Crippen MR) is 72.6 cm³/mol. The van der Waals surface area contributed by atoms with Crippen molar-refractivity contribution in [1.29, 1.82) is 0 Å². The van der Waals surface area contributed by atoms with Crippen LogP contribution in [0.5, 0.6) is 0 Å². The van der Waals surface area contributed by atoms with Crippen molar-refractivity contribution in [3.8, 4) is 0 Å². The largest absolute Gasteiger partial charge is 0.357 e. The lowest BCUT2D eigenvalue weighted by Crippen LogP contribution is -2.42. The summed E-state index contributed by atoms with van der Waals surface area (Å²) in [5, 5.41) is 13.9. The third-order valence-corrected chi connectivity index (χ3v) is 4.36. The van der Waals surface area contributed by atoms with Crippen molar-refractivity contribution in [3.63, 3.8) is 0 Å². The number of hydrogen-bond donors (Lipinski definition) is 1. The Bertz CT molecular complexity index is 342. The Morgan fingerprint density at radius 1 is 1.35 bits per heavy atom. The molecule has 1 fully saturated rings. The van der Waals surface area contributed by atoms with E-state index in [2.05, 4.69) is 41.2 Å². The monoisotopic (exact) mass is 254 g/mol. The van der Waals surface area contributed by atoms with Crippen molar-refractivity contribution in [2.75, 3.05) is 18.4 Å². The van der Waals surface area contributed by atoms with Crippen molar-refractivity contribution in [3.05, 3.63) is 5.01 Å². The zero-order valence-electron chi connectivity index (χ0n) is 10.9. The maximum Gasteiger partial charge on any atom is 0.205 e. The fourth-order valence-electron chi connectivity index (χ4n) is 2.19. The van der Waals surface area contributed by atoms with Crippen LogP contribution >= 0.6 is 11.3 Å². The lowest BCUT2D eigenvalue weighted by molar-refractivity contribution is 0.177. The quantitative estimate of drug-likeness (QED) is 0.895. The first-order valence-electron chi connectivity index (χ1n) is 6.52. The molecule has 0 radical (unpaired) electrons. The summed E-state index contributed by atoms with van der Waals surface area (Å²) in [6, 6.07) is 1.24. The number of aromatic nitrogens is 2. The molecule has 0 bridgehead atoms. The first-order valence-corrected chi connectivity index (χ1v) is 7.33. The second kappa shape index (κ2) is 5.78. The molecule has 17 heavy (non-hydrogen) atoms. The molecule has 2 heterocycles. The van der Waals surface area contributed by atoms with E-state index in [9.17, 15) is 0 Å². The van der Waals surface area contributed by atoms with Gasteiger partial charge in [-0.2, -0.15) is 0 Å². The van der Waals surface area contributed by atoms with E-state index in [1.165, 1.54) is 25.9 Å². The number of anilines is 1. The van der Waals surface area contributed by atoms with Crippen LogP contribution in [0.4, 0.5) is 5.13 Å². The Hall–Kier alpha value is -0.680. The molecule has 1 N–H and O–H groups in total. The summed E-state index contributed by atoms with van der Waals surface area (Å²) in [4.78, 5) is 2.54. The molecule has 0 atom stereocenters. The second-order valence-electron chi connectivity index (χ2n) is 4.90. The number of hydrogen-bond acceptors (Lipinski definition) is 5. The Labute approximate surface area is 107 Å². The van der Waals surface area contributed by atoms with Gasteiger partial charge in [0.05, 0.1) is 0 Å². The number of likely N-dealkylation sites (tertiary alicyclic amines) is 1. The average Bonchev–Trinajstić information content (AvgIpc) is 2.77. The number of nitrogens with one attached hydrogen (secondary N) is 1. The van der Waals surface area contributed by atoms with Gasteiger partial charge in [-0.15, -0.1) is 10.2 Å². The number of aryl methyl sites for hydroxylation is 1. The molecular formula is C12H22N4S. The smallest absolute Gasteiger partial charge is 0.205 e. The van der Waals surface area contributed by atoms with Crippen LogP contribution in [0.3, 0.4) is 0 Å². The minimum Gasteiger partial charge on any atom is -0.357 e. The first-order chi connectivity index (χ1) is 8.19. The molecule has 0 spiro atoms. The van der Waals surface area contributed by atoms with Crippen LogP contribution in [0, 0.1) is 0 Å². The molecule has 1 aliphatic heterocycles. The van der Waals surface area contributed by atoms with Crippen molar-refractivity contribution in [2.24, 2.45) is 0 Å². The molecular weight excluding hydrogens is 232 g/mol. The summed E-state index contributed by atoms with van der Waals surface area (Å²) in [5.41, 5.74) is 0. The molecule has 1 saturated heterocycles. The maximum absolute atomic E-state index is 4.18. The molecule has 2 rings (SSSR count). The minimum absolute atomic E-state index is 0.572. The molecule has 0 amide bonds. The zero-order valence-corrected chi connectivity index (χ0v) is 11.8. The molecule has 1 aromatic heterocycles. The van der Waals surface area contributed by atoms with E-state index in [0.29, 0.717) is 12.1 Å². The summed E-state index contributed by atoms with van der Waals surface area (Å²) < 4.78 is 0. The van der Waals surface area contributed by atoms with Gasteiger partial charge in [0.2, 0.25) is 5.13 Å². The fraction of sp³-hybridized carbons (Fsp3) is 0.833. The highest BCUT2D eigenvalue weighted by Crippen LogP contribution is 2.21. The second-order valence-corrected chi connectivity index (χ2v) is 5.96. The van der Waals surface area contributed by atoms with Gasteiger partial charge in [0.1, 0.15) is 5.01 Å². The lowest BCUT2D eigenvalue weighted by Gasteiger charge is -2.34. The Morgan fingerprint density at radius 2 is 2.06 bits per heavy atom. The van der Waals surface area contributed by atoms with Gasteiger partial charge in [-0.05, 0) is 33.1 Å². The minimum atomic E-state index is 0.572. The normalized spacial score (nSPS) is 18.8. The van der Waals surface area contributed by atoms with Crippen molar-refractivity contribution >= 4 is 16.5 Å². The van der Waals surface area contributed by atoms with E-state index < -0.39 is 0 Å². The highest BCUT2D eigenvalue weighted by molar-refractivity contribution is 7.15. The van der Waals surface area contributed by atoms with Gasteiger partial charge >= 0.3 is 0 Å². The van der Waals surface area contributed by atoms with Crippen molar-refractivity contribution in [2.45, 2.75) is 52.1 Å². The molecule has 1 aromatic rings. The van der Waals surface area contributed by atoms with Crippen LogP contribution in [0.15, 0.2) is 0 Å². The Morgan fingerprint density at radius 3 is 2.59 bits per heavy atom. The molecule has 0 unspecified atom stereocenters. The Kier molecular flexibility index (Phi) is 4.34. The third-order valence-electron chi connectivity index (χ3n) is 3.36. The maximum atomic E-state index is 4.18. The van der Waals surface area contributed by atoms with Gasteiger partial charge in [-0.3, -0.25) is 0 Å². The van der Waals surface area contributed by atoms with Gasteiger partial charge < -0.3 is 10.2 Å². The zero-order chi connectivity index (χ0) is 12.3. The molecule has 0 aromatic carbocycles. The van der Waals surface area contributed by atoms with E-state index in [0.717, 1.165) is 16.6 Å². The van der Waals surface area contributed by atoms with Gasteiger partial charge in [-0.25, -0.2) is 0 Å². The summed E-state index contributed by atoms with van der Waals surface area (Å²) in [6.45, 7) is 9.03.